The molecule has 0 unspecified atom stereocenters. The number of halogens is 1. The van der Waals surface area contributed by atoms with Gasteiger partial charge in [0.1, 0.15) is 5.75 Å². The maximum absolute atomic E-state index is 11.2. The van der Waals surface area contributed by atoms with Crippen molar-refractivity contribution in [1.29, 1.82) is 0 Å². The molecule has 1 aromatic carbocycles. The summed E-state index contributed by atoms with van der Waals surface area (Å²) >= 11 is 5.83. The van der Waals surface area contributed by atoms with Crippen LogP contribution >= 0.6 is 11.6 Å². The van der Waals surface area contributed by atoms with Crippen molar-refractivity contribution < 1.29 is 9.90 Å². The number of nitrogens with two attached hydrogens (primary N) is 2. The van der Waals surface area contributed by atoms with Gasteiger partial charge in [-0.25, -0.2) is 4.79 Å². The first kappa shape index (κ1) is 12.1. The molecule has 16 heavy (non-hydrogen) atoms. The minimum absolute atomic E-state index is 0.0161. The quantitative estimate of drug-likeness (QED) is 0.336. The van der Waals surface area contributed by atoms with E-state index in [0.717, 1.165) is 0 Å². The molecule has 7 heteroatoms. The highest BCUT2D eigenvalue weighted by atomic mass is 35.5. The van der Waals surface area contributed by atoms with Crippen LogP contribution in [-0.2, 0) is 0 Å². The van der Waals surface area contributed by atoms with Crippen LogP contribution in [0.5, 0.6) is 5.75 Å². The van der Waals surface area contributed by atoms with E-state index in [1.165, 1.54) is 12.1 Å². The van der Waals surface area contributed by atoms with Crippen LogP contribution in [0.2, 0.25) is 5.02 Å². The van der Waals surface area contributed by atoms with Crippen LogP contribution in [0.15, 0.2) is 17.1 Å². The van der Waals surface area contributed by atoms with Gasteiger partial charge in [0.2, 0.25) is 0 Å². The molecular formula is C9H11ClN4O2. The van der Waals surface area contributed by atoms with Crippen LogP contribution in [0.4, 0.5) is 10.5 Å². The molecule has 0 saturated heterocycles. The van der Waals surface area contributed by atoms with Crippen molar-refractivity contribution in [3.8, 4) is 5.75 Å². The summed E-state index contributed by atoms with van der Waals surface area (Å²) in [5.41, 5.74) is 11.0. The highest BCUT2D eigenvalue weighted by Gasteiger charge is 2.09. The third-order valence-corrected chi connectivity index (χ3v) is 2.03. The fraction of sp³-hybridized carbons (Fsp3) is 0.111. The van der Waals surface area contributed by atoms with Crippen molar-refractivity contribution in [3.63, 3.8) is 0 Å². The van der Waals surface area contributed by atoms with Crippen LogP contribution in [-0.4, -0.2) is 17.1 Å². The lowest BCUT2D eigenvalue weighted by Crippen LogP contribution is -2.25. The standard InChI is InChI=1S/C9H11ClN4O2/c1-4-2-5(15)3-6(10)7(4)13-9(16)14-8(11)12/h2-3,15H,1H3,(H5,11,12,13,14,16). The molecule has 6 N–H and O–H groups in total. The van der Waals surface area contributed by atoms with E-state index in [1.54, 1.807) is 6.92 Å². The SMILES string of the molecule is Cc1cc(O)cc(Cl)c1NC(=O)N=C(N)N. The number of carbonyl (C=O) groups excluding carboxylic acids is 1. The lowest BCUT2D eigenvalue weighted by atomic mass is 10.2. The number of nitrogens with one attached hydrogen (secondary N) is 1. The molecular weight excluding hydrogens is 232 g/mol. The van der Waals surface area contributed by atoms with Crippen molar-refractivity contribution in [3.05, 3.63) is 22.7 Å². The summed E-state index contributed by atoms with van der Waals surface area (Å²) in [6.07, 6.45) is 0. The molecule has 2 amide bonds. The Morgan fingerprint density at radius 2 is 2.12 bits per heavy atom. The van der Waals surface area contributed by atoms with E-state index in [4.69, 9.17) is 23.1 Å². The predicted molar refractivity (Wildman–Crippen MR) is 62.7 cm³/mol. The number of hydrogen-bond acceptors (Lipinski definition) is 2. The number of amides is 2. The second-order valence-corrected chi connectivity index (χ2v) is 3.49. The normalized spacial score (nSPS) is 9.62. The van der Waals surface area contributed by atoms with E-state index in [0.29, 0.717) is 11.3 Å². The molecule has 1 aromatic rings. The van der Waals surface area contributed by atoms with Gasteiger partial charge in [0.05, 0.1) is 10.7 Å². The largest absolute Gasteiger partial charge is 0.508 e. The third-order valence-electron chi connectivity index (χ3n) is 1.73. The van der Waals surface area contributed by atoms with Crippen LogP contribution in [0.1, 0.15) is 5.56 Å². The number of urea groups is 1. The minimum atomic E-state index is -0.726. The van der Waals surface area contributed by atoms with Gasteiger partial charge in [-0.3, -0.25) is 0 Å². The second kappa shape index (κ2) is 4.71. The van der Waals surface area contributed by atoms with Crippen molar-refractivity contribution >= 4 is 29.3 Å². The molecule has 0 aromatic heterocycles. The van der Waals surface area contributed by atoms with Gasteiger partial charge < -0.3 is 21.9 Å². The van der Waals surface area contributed by atoms with Gasteiger partial charge in [-0.2, -0.15) is 4.99 Å². The van der Waals surface area contributed by atoms with E-state index in [-0.39, 0.29) is 16.7 Å². The lowest BCUT2D eigenvalue weighted by Gasteiger charge is -2.08. The first-order chi connectivity index (χ1) is 7.40. The van der Waals surface area contributed by atoms with E-state index in [1.807, 2.05) is 0 Å². The second-order valence-electron chi connectivity index (χ2n) is 3.09. The third kappa shape index (κ3) is 3.03. The average Bonchev–Trinajstić information content (AvgIpc) is 2.09. The van der Waals surface area contributed by atoms with Crippen molar-refractivity contribution in [1.82, 2.24) is 0 Å². The topological polar surface area (TPSA) is 114 Å². The van der Waals surface area contributed by atoms with Crippen molar-refractivity contribution in [2.24, 2.45) is 16.5 Å². The molecule has 0 radical (unpaired) electrons. The summed E-state index contributed by atoms with van der Waals surface area (Å²) in [4.78, 5) is 14.5. The van der Waals surface area contributed by atoms with Gasteiger partial charge in [-0.05, 0) is 18.6 Å². The van der Waals surface area contributed by atoms with Crippen LogP contribution in [0.3, 0.4) is 0 Å². The molecule has 86 valence electrons. The molecule has 0 aliphatic rings. The zero-order valence-electron chi connectivity index (χ0n) is 8.49. The van der Waals surface area contributed by atoms with Gasteiger partial charge in [-0.1, -0.05) is 11.6 Å². The molecule has 0 atom stereocenters. The van der Waals surface area contributed by atoms with Gasteiger partial charge in [-0.15, -0.1) is 0 Å². The molecule has 0 bridgehead atoms. The smallest absolute Gasteiger partial charge is 0.348 e. The van der Waals surface area contributed by atoms with E-state index in [9.17, 15) is 9.90 Å². The molecule has 0 aliphatic heterocycles. The number of benzene rings is 1. The fourth-order valence-electron chi connectivity index (χ4n) is 1.14. The highest BCUT2D eigenvalue weighted by Crippen LogP contribution is 2.30. The Morgan fingerprint density at radius 1 is 1.50 bits per heavy atom. The Balaban J connectivity index is 2.98. The summed E-state index contributed by atoms with van der Waals surface area (Å²) in [6, 6.07) is 2.03. The first-order valence-electron chi connectivity index (χ1n) is 4.30. The fourth-order valence-corrected chi connectivity index (χ4v) is 1.44. The van der Waals surface area contributed by atoms with Crippen LogP contribution in [0.25, 0.3) is 0 Å². The predicted octanol–water partition coefficient (Wildman–Crippen LogP) is 1.16. The number of aliphatic imine (C=N–C) groups is 1. The highest BCUT2D eigenvalue weighted by molar-refractivity contribution is 6.34. The van der Waals surface area contributed by atoms with E-state index in [2.05, 4.69) is 10.3 Å². The summed E-state index contributed by atoms with van der Waals surface area (Å²) in [5, 5.41) is 11.8. The summed E-state index contributed by atoms with van der Waals surface area (Å²) in [6.45, 7) is 1.68. The summed E-state index contributed by atoms with van der Waals surface area (Å²) < 4.78 is 0. The molecule has 0 heterocycles. The molecule has 0 aliphatic carbocycles. The van der Waals surface area contributed by atoms with Crippen molar-refractivity contribution in [2.45, 2.75) is 6.92 Å². The number of aromatic hydroxyl groups is 1. The maximum Gasteiger partial charge on any atom is 0.348 e. The number of phenolic OH excluding ortho intramolecular Hbond substituents is 1. The number of guanidine groups is 1. The lowest BCUT2D eigenvalue weighted by molar-refractivity contribution is 0.259. The molecule has 0 saturated carbocycles. The number of rotatable bonds is 1. The van der Waals surface area contributed by atoms with Crippen molar-refractivity contribution in [2.75, 3.05) is 5.32 Å². The zero-order chi connectivity index (χ0) is 12.3. The number of anilines is 1. The van der Waals surface area contributed by atoms with Gasteiger partial charge in [0.15, 0.2) is 5.96 Å². The summed E-state index contributed by atoms with van der Waals surface area (Å²) in [5.74, 6) is -0.326. The average molecular weight is 243 g/mol. The molecule has 0 spiro atoms. The van der Waals surface area contributed by atoms with Crippen LogP contribution in [0, 0.1) is 6.92 Å². The molecule has 0 fully saturated rings. The number of nitrogens with zero attached hydrogens (tertiary/aromatic N) is 1. The monoisotopic (exact) mass is 242 g/mol. The Hall–Kier alpha value is -1.95. The number of hydrogen-bond donors (Lipinski definition) is 4. The molecule has 1 rings (SSSR count). The van der Waals surface area contributed by atoms with Gasteiger partial charge >= 0.3 is 6.03 Å². The first-order valence-corrected chi connectivity index (χ1v) is 4.67. The Bertz CT molecular complexity index is 432. The molecule has 6 nitrogen and oxygen atoms in total. The Kier molecular flexibility index (Phi) is 3.57. The summed E-state index contributed by atoms with van der Waals surface area (Å²) in [7, 11) is 0. The van der Waals surface area contributed by atoms with Gasteiger partial charge in [0, 0.05) is 6.07 Å². The van der Waals surface area contributed by atoms with Gasteiger partial charge in [0.25, 0.3) is 0 Å². The Labute approximate surface area is 96.9 Å². The number of phenols is 1. The zero-order valence-corrected chi connectivity index (χ0v) is 9.25. The van der Waals surface area contributed by atoms with Crippen LogP contribution < -0.4 is 16.8 Å². The minimum Gasteiger partial charge on any atom is -0.508 e. The van der Waals surface area contributed by atoms with E-state index >= 15 is 0 Å². The van der Waals surface area contributed by atoms with E-state index < -0.39 is 6.03 Å². The maximum atomic E-state index is 11.2. The number of carbonyl (C=O) groups is 1. The number of aryl methyl sites for hydroxylation is 1. The Morgan fingerprint density at radius 3 is 2.62 bits per heavy atom.